The van der Waals surface area contributed by atoms with Gasteiger partial charge in [0, 0.05) is 16.7 Å². The van der Waals surface area contributed by atoms with Crippen LogP contribution in [0.1, 0.15) is 6.92 Å². The molecule has 0 fully saturated rings. The number of benzene rings is 1. The lowest BCUT2D eigenvalue weighted by Crippen LogP contribution is -2.09. The van der Waals surface area contributed by atoms with Gasteiger partial charge in [-0.3, -0.25) is 0 Å². The van der Waals surface area contributed by atoms with E-state index in [0.29, 0.717) is 6.54 Å². The van der Waals surface area contributed by atoms with Gasteiger partial charge in [-0.25, -0.2) is 0 Å². The largest absolute Gasteiger partial charge is 0.383 e. The minimum absolute atomic E-state index is 0.0344. The molecule has 1 rings (SSSR count). The van der Waals surface area contributed by atoms with Crippen molar-refractivity contribution in [1.29, 1.82) is 5.26 Å². The van der Waals surface area contributed by atoms with Crippen LogP contribution >= 0.6 is 15.9 Å². The Morgan fingerprint density at radius 1 is 1.54 bits per heavy atom. The molecule has 0 bridgehead atoms. The van der Waals surface area contributed by atoms with Crippen LogP contribution in [0.3, 0.4) is 0 Å². The summed E-state index contributed by atoms with van der Waals surface area (Å²) in [6, 6.07) is 10.1. The molecule has 0 aliphatic rings. The van der Waals surface area contributed by atoms with Crippen LogP contribution in [0, 0.1) is 17.2 Å². The van der Waals surface area contributed by atoms with Crippen LogP contribution in [0.25, 0.3) is 0 Å². The van der Waals surface area contributed by atoms with Gasteiger partial charge < -0.3 is 5.32 Å². The smallest absolute Gasteiger partial charge is 0.0671 e. The maximum absolute atomic E-state index is 8.58. The lowest BCUT2D eigenvalue weighted by Gasteiger charge is -2.08. The van der Waals surface area contributed by atoms with Gasteiger partial charge >= 0.3 is 0 Å². The Balaban J connectivity index is 2.56. The van der Waals surface area contributed by atoms with Gasteiger partial charge in [-0.1, -0.05) is 12.1 Å². The third kappa shape index (κ3) is 3.08. The van der Waals surface area contributed by atoms with Gasteiger partial charge in [0.25, 0.3) is 0 Å². The van der Waals surface area contributed by atoms with Crippen molar-refractivity contribution in [3.63, 3.8) is 0 Å². The lowest BCUT2D eigenvalue weighted by molar-refractivity contribution is 0.786. The van der Waals surface area contributed by atoms with E-state index in [-0.39, 0.29) is 5.92 Å². The molecule has 1 aromatic rings. The minimum atomic E-state index is 0.0344. The SMILES string of the molecule is CC(C#N)CNc1ccccc1Br. The fourth-order valence-corrected chi connectivity index (χ4v) is 1.34. The molecular formula is C10H11BrN2. The van der Waals surface area contributed by atoms with Gasteiger partial charge in [0.15, 0.2) is 0 Å². The van der Waals surface area contributed by atoms with Crippen LogP contribution in [0.15, 0.2) is 28.7 Å². The molecule has 0 radical (unpaired) electrons. The van der Waals surface area contributed by atoms with Crippen molar-refractivity contribution in [3.8, 4) is 6.07 Å². The normalized spacial score (nSPS) is 11.8. The van der Waals surface area contributed by atoms with Gasteiger partial charge in [-0.15, -0.1) is 0 Å². The van der Waals surface area contributed by atoms with Crippen molar-refractivity contribution in [2.45, 2.75) is 6.92 Å². The Morgan fingerprint density at radius 2 is 2.23 bits per heavy atom. The first-order valence-electron chi connectivity index (χ1n) is 4.12. The fourth-order valence-electron chi connectivity index (χ4n) is 0.913. The molecule has 13 heavy (non-hydrogen) atoms. The third-order valence-electron chi connectivity index (χ3n) is 1.69. The van der Waals surface area contributed by atoms with Crippen molar-refractivity contribution in [2.24, 2.45) is 5.92 Å². The quantitative estimate of drug-likeness (QED) is 0.879. The second-order valence-electron chi connectivity index (χ2n) is 2.89. The van der Waals surface area contributed by atoms with Crippen molar-refractivity contribution in [1.82, 2.24) is 0 Å². The highest BCUT2D eigenvalue weighted by molar-refractivity contribution is 9.10. The Labute approximate surface area is 86.7 Å². The summed E-state index contributed by atoms with van der Waals surface area (Å²) in [7, 11) is 0. The van der Waals surface area contributed by atoms with Crippen LogP contribution in [0.2, 0.25) is 0 Å². The molecule has 0 saturated carbocycles. The van der Waals surface area contributed by atoms with E-state index in [0.717, 1.165) is 10.2 Å². The summed E-state index contributed by atoms with van der Waals surface area (Å²) < 4.78 is 1.03. The number of para-hydroxylation sites is 1. The van der Waals surface area contributed by atoms with E-state index in [9.17, 15) is 0 Å². The number of nitriles is 1. The molecule has 1 N–H and O–H groups in total. The number of hydrogen-bond acceptors (Lipinski definition) is 2. The maximum Gasteiger partial charge on any atom is 0.0671 e. The summed E-state index contributed by atoms with van der Waals surface area (Å²) in [4.78, 5) is 0. The third-order valence-corrected chi connectivity index (χ3v) is 2.38. The first-order chi connectivity index (χ1) is 6.24. The topological polar surface area (TPSA) is 35.8 Å². The first-order valence-corrected chi connectivity index (χ1v) is 4.91. The maximum atomic E-state index is 8.58. The zero-order valence-corrected chi connectivity index (χ0v) is 9.01. The number of rotatable bonds is 3. The average molecular weight is 239 g/mol. The van der Waals surface area contributed by atoms with E-state index in [2.05, 4.69) is 27.3 Å². The van der Waals surface area contributed by atoms with E-state index in [4.69, 9.17) is 5.26 Å². The molecule has 1 aromatic carbocycles. The molecule has 0 aromatic heterocycles. The number of halogens is 1. The number of nitrogens with one attached hydrogen (secondary N) is 1. The zero-order valence-electron chi connectivity index (χ0n) is 7.42. The second kappa shape index (κ2) is 4.88. The van der Waals surface area contributed by atoms with Crippen LogP contribution in [-0.2, 0) is 0 Å². The lowest BCUT2D eigenvalue weighted by atomic mass is 10.2. The monoisotopic (exact) mass is 238 g/mol. The van der Waals surface area contributed by atoms with E-state index in [1.165, 1.54) is 0 Å². The van der Waals surface area contributed by atoms with Crippen molar-refractivity contribution in [3.05, 3.63) is 28.7 Å². The van der Waals surface area contributed by atoms with E-state index >= 15 is 0 Å². The molecule has 0 aliphatic heterocycles. The molecule has 2 nitrogen and oxygen atoms in total. The van der Waals surface area contributed by atoms with Gasteiger partial charge in [0.2, 0.25) is 0 Å². The number of nitrogens with zero attached hydrogens (tertiary/aromatic N) is 1. The zero-order chi connectivity index (χ0) is 9.68. The Kier molecular flexibility index (Phi) is 3.78. The summed E-state index contributed by atoms with van der Waals surface area (Å²) in [6.07, 6.45) is 0. The van der Waals surface area contributed by atoms with Crippen molar-refractivity contribution in [2.75, 3.05) is 11.9 Å². The summed E-state index contributed by atoms with van der Waals surface area (Å²) in [5, 5.41) is 11.8. The summed E-state index contributed by atoms with van der Waals surface area (Å²) in [5.74, 6) is 0.0344. The summed E-state index contributed by atoms with van der Waals surface area (Å²) in [5.41, 5.74) is 1.03. The molecule has 0 spiro atoms. The standard InChI is InChI=1S/C10H11BrN2/c1-8(6-12)7-13-10-5-3-2-4-9(10)11/h2-5,8,13H,7H2,1H3. The summed E-state index contributed by atoms with van der Waals surface area (Å²) >= 11 is 3.42. The number of hydrogen-bond donors (Lipinski definition) is 1. The Morgan fingerprint density at radius 3 is 2.85 bits per heavy atom. The second-order valence-corrected chi connectivity index (χ2v) is 3.75. The van der Waals surface area contributed by atoms with E-state index in [1.54, 1.807) is 0 Å². The minimum Gasteiger partial charge on any atom is -0.383 e. The van der Waals surface area contributed by atoms with Gasteiger partial charge in [-0.05, 0) is 35.0 Å². The van der Waals surface area contributed by atoms with E-state index in [1.807, 2.05) is 31.2 Å². The summed E-state index contributed by atoms with van der Waals surface area (Å²) in [6.45, 7) is 2.57. The Bertz CT molecular complexity index is 317. The predicted octanol–water partition coefficient (Wildman–Crippen LogP) is 3.02. The molecule has 1 atom stereocenters. The average Bonchev–Trinajstić information content (AvgIpc) is 2.16. The van der Waals surface area contributed by atoms with Crippen molar-refractivity contribution < 1.29 is 0 Å². The van der Waals surface area contributed by atoms with Crippen LogP contribution < -0.4 is 5.32 Å². The highest BCUT2D eigenvalue weighted by atomic mass is 79.9. The first kappa shape index (κ1) is 10.1. The van der Waals surface area contributed by atoms with Crippen molar-refractivity contribution >= 4 is 21.6 Å². The molecule has 3 heteroatoms. The molecule has 68 valence electrons. The highest BCUT2D eigenvalue weighted by Crippen LogP contribution is 2.21. The van der Waals surface area contributed by atoms with Crippen LogP contribution in [0.5, 0.6) is 0 Å². The Hall–Kier alpha value is -1.01. The van der Waals surface area contributed by atoms with Crippen LogP contribution in [-0.4, -0.2) is 6.54 Å². The number of anilines is 1. The van der Waals surface area contributed by atoms with Gasteiger partial charge in [0.1, 0.15) is 0 Å². The van der Waals surface area contributed by atoms with E-state index < -0.39 is 0 Å². The molecule has 0 heterocycles. The molecule has 1 unspecified atom stereocenters. The predicted molar refractivity (Wildman–Crippen MR) is 57.4 cm³/mol. The van der Waals surface area contributed by atoms with Gasteiger partial charge in [0.05, 0.1) is 12.0 Å². The molecule has 0 saturated heterocycles. The molecule has 0 amide bonds. The highest BCUT2D eigenvalue weighted by Gasteiger charge is 2.00. The van der Waals surface area contributed by atoms with Crippen LogP contribution in [0.4, 0.5) is 5.69 Å². The van der Waals surface area contributed by atoms with Gasteiger partial charge in [-0.2, -0.15) is 5.26 Å². The molecule has 0 aliphatic carbocycles. The molecular weight excluding hydrogens is 228 g/mol. The fraction of sp³-hybridized carbons (Fsp3) is 0.300.